The first-order valence-electron chi connectivity index (χ1n) is 7.58. The zero-order chi connectivity index (χ0) is 17.0. The van der Waals surface area contributed by atoms with E-state index in [1.807, 2.05) is 33.0 Å². The van der Waals surface area contributed by atoms with Crippen molar-refractivity contribution in [3.8, 4) is 5.69 Å². The number of amides is 1. The fourth-order valence-corrected chi connectivity index (χ4v) is 2.37. The van der Waals surface area contributed by atoms with Gasteiger partial charge >= 0.3 is 5.97 Å². The molecule has 0 saturated carbocycles. The summed E-state index contributed by atoms with van der Waals surface area (Å²) in [6.07, 6.45) is 4.18. The normalized spacial score (nSPS) is 13.3. The van der Waals surface area contributed by atoms with Crippen molar-refractivity contribution in [3.05, 3.63) is 47.8 Å². The largest absolute Gasteiger partial charge is 0.480 e. The lowest BCUT2D eigenvalue weighted by molar-refractivity contribution is -0.140. The molecule has 122 valence electrons. The van der Waals surface area contributed by atoms with Gasteiger partial charge < -0.3 is 10.4 Å². The molecule has 1 amide bonds. The highest BCUT2D eigenvalue weighted by Gasteiger charge is 2.25. The Morgan fingerprint density at radius 1 is 1.39 bits per heavy atom. The molecule has 0 spiro atoms. The van der Waals surface area contributed by atoms with Crippen LogP contribution in [0.4, 0.5) is 0 Å². The molecule has 1 aromatic carbocycles. The summed E-state index contributed by atoms with van der Waals surface area (Å²) in [4.78, 5) is 23.6. The second-order valence-corrected chi connectivity index (χ2v) is 5.63. The molecule has 2 aromatic rings. The van der Waals surface area contributed by atoms with Crippen LogP contribution in [0.3, 0.4) is 0 Å². The van der Waals surface area contributed by atoms with Crippen molar-refractivity contribution in [2.75, 3.05) is 0 Å². The SMILES string of the molecule is CC[C@H](C)[C@H](NC(=O)c1ccc(-n2cccn2)c(C)c1)C(=O)O. The van der Waals surface area contributed by atoms with Crippen LogP contribution in [-0.2, 0) is 4.79 Å². The molecule has 1 heterocycles. The van der Waals surface area contributed by atoms with Gasteiger partial charge in [-0.3, -0.25) is 4.79 Å². The first-order valence-corrected chi connectivity index (χ1v) is 7.58. The zero-order valence-electron chi connectivity index (χ0n) is 13.5. The van der Waals surface area contributed by atoms with Crippen molar-refractivity contribution in [3.63, 3.8) is 0 Å². The van der Waals surface area contributed by atoms with E-state index in [0.717, 1.165) is 11.3 Å². The lowest BCUT2D eigenvalue weighted by Gasteiger charge is -2.20. The van der Waals surface area contributed by atoms with Crippen LogP contribution in [0.2, 0.25) is 0 Å². The molecule has 6 heteroatoms. The van der Waals surface area contributed by atoms with Crippen LogP contribution in [0.1, 0.15) is 36.2 Å². The Hall–Kier alpha value is -2.63. The smallest absolute Gasteiger partial charge is 0.326 e. The van der Waals surface area contributed by atoms with E-state index in [9.17, 15) is 14.7 Å². The van der Waals surface area contributed by atoms with Gasteiger partial charge in [0.05, 0.1) is 5.69 Å². The molecule has 0 bridgehead atoms. The van der Waals surface area contributed by atoms with Gasteiger partial charge in [-0.1, -0.05) is 20.3 Å². The molecule has 1 aromatic heterocycles. The first kappa shape index (κ1) is 16.7. The monoisotopic (exact) mass is 315 g/mol. The number of nitrogens with zero attached hydrogens (tertiary/aromatic N) is 2. The Morgan fingerprint density at radius 2 is 2.13 bits per heavy atom. The van der Waals surface area contributed by atoms with E-state index >= 15 is 0 Å². The van der Waals surface area contributed by atoms with Gasteiger partial charge in [0.15, 0.2) is 0 Å². The predicted molar refractivity (Wildman–Crippen MR) is 86.6 cm³/mol. The minimum absolute atomic E-state index is 0.138. The van der Waals surface area contributed by atoms with Gasteiger partial charge in [-0.15, -0.1) is 0 Å². The molecule has 2 rings (SSSR count). The maximum Gasteiger partial charge on any atom is 0.326 e. The molecule has 2 atom stereocenters. The highest BCUT2D eigenvalue weighted by atomic mass is 16.4. The summed E-state index contributed by atoms with van der Waals surface area (Å²) in [7, 11) is 0. The Morgan fingerprint density at radius 3 is 2.65 bits per heavy atom. The third kappa shape index (κ3) is 3.77. The molecule has 0 aliphatic heterocycles. The van der Waals surface area contributed by atoms with E-state index in [-0.39, 0.29) is 11.8 Å². The van der Waals surface area contributed by atoms with Gasteiger partial charge in [-0.25, -0.2) is 9.48 Å². The number of benzene rings is 1. The van der Waals surface area contributed by atoms with Crippen molar-refractivity contribution in [2.45, 2.75) is 33.2 Å². The fourth-order valence-electron chi connectivity index (χ4n) is 2.37. The van der Waals surface area contributed by atoms with Crippen molar-refractivity contribution < 1.29 is 14.7 Å². The molecule has 0 unspecified atom stereocenters. The van der Waals surface area contributed by atoms with Gasteiger partial charge in [-0.2, -0.15) is 5.10 Å². The van der Waals surface area contributed by atoms with E-state index in [1.54, 1.807) is 29.1 Å². The summed E-state index contributed by atoms with van der Waals surface area (Å²) in [5.41, 5.74) is 2.20. The number of carboxylic acid groups (broad SMARTS) is 1. The van der Waals surface area contributed by atoms with Crippen LogP contribution < -0.4 is 5.32 Å². The Bertz CT molecular complexity index is 695. The number of carbonyl (C=O) groups excluding carboxylic acids is 1. The topological polar surface area (TPSA) is 84.2 Å². The molecule has 2 N–H and O–H groups in total. The third-order valence-electron chi connectivity index (χ3n) is 3.98. The molecule has 0 aliphatic rings. The second kappa shape index (κ2) is 7.09. The molecule has 23 heavy (non-hydrogen) atoms. The second-order valence-electron chi connectivity index (χ2n) is 5.63. The van der Waals surface area contributed by atoms with Crippen molar-refractivity contribution >= 4 is 11.9 Å². The highest BCUT2D eigenvalue weighted by Crippen LogP contribution is 2.16. The summed E-state index contributed by atoms with van der Waals surface area (Å²) >= 11 is 0. The van der Waals surface area contributed by atoms with Crippen LogP contribution in [-0.4, -0.2) is 32.8 Å². The number of hydrogen-bond acceptors (Lipinski definition) is 3. The molecular weight excluding hydrogens is 294 g/mol. The van der Waals surface area contributed by atoms with E-state index in [4.69, 9.17) is 0 Å². The lowest BCUT2D eigenvalue weighted by atomic mass is 9.98. The Kier molecular flexibility index (Phi) is 5.16. The molecule has 0 fully saturated rings. The number of rotatable bonds is 6. The number of hydrogen-bond donors (Lipinski definition) is 2. The van der Waals surface area contributed by atoms with Crippen LogP contribution >= 0.6 is 0 Å². The molecule has 6 nitrogen and oxygen atoms in total. The van der Waals surface area contributed by atoms with E-state index in [1.165, 1.54) is 0 Å². The third-order valence-corrected chi connectivity index (χ3v) is 3.98. The summed E-state index contributed by atoms with van der Waals surface area (Å²) in [6, 6.07) is 6.15. The Labute approximate surface area is 135 Å². The average Bonchev–Trinajstić information content (AvgIpc) is 3.05. The first-order chi connectivity index (χ1) is 10.9. The van der Waals surface area contributed by atoms with Crippen LogP contribution in [0.5, 0.6) is 0 Å². The quantitative estimate of drug-likeness (QED) is 0.857. The van der Waals surface area contributed by atoms with Gasteiger partial charge in [0.1, 0.15) is 6.04 Å². The summed E-state index contributed by atoms with van der Waals surface area (Å²) in [5, 5.41) is 16.0. The van der Waals surface area contributed by atoms with Crippen molar-refractivity contribution in [1.82, 2.24) is 15.1 Å². The molecule has 0 saturated heterocycles. The summed E-state index contributed by atoms with van der Waals surface area (Å²) < 4.78 is 1.72. The van der Waals surface area contributed by atoms with Crippen LogP contribution in [0, 0.1) is 12.8 Å². The predicted octanol–water partition coefficient (Wildman–Crippen LogP) is 2.41. The summed E-state index contributed by atoms with van der Waals surface area (Å²) in [5.74, 6) is -1.54. The van der Waals surface area contributed by atoms with Crippen LogP contribution in [0.15, 0.2) is 36.7 Å². The van der Waals surface area contributed by atoms with Crippen molar-refractivity contribution in [1.29, 1.82) is 0 Å². The van der Waals surface area contributed by atoms with Crippen molar-refractivity contribution in [2.24, 2.45) is 5.92 Å². The maximum absolute atomic E-state index is 12.3. The lowest BCUT2D eigenvalue weighted by Crippen LogP contribution is -2.45. The number of aliphatic carboxylic acids is 1. The zero-order valence-corrected chi connectivity index (χ0v) is 13.5. The van der Waals surface area contributed by atoms with E-state index < -0.39 is 12.0 Å². The van der Waals surface area contributed by atoms with Gasteiger partial charge in [-0.05, 0) is 42.7 Å². The standard InChI is InChI=1S/C17H21N3O3/c1-4-11(2)15(17(22)23)19-16(21)13-6-7-14(12(3)10-13)20-9-5-8-18-20/h5-11,15H,4H2,1-3H3,(H,19,21)(H,22,23)/t11-,15-/m0/s1. The average molecular weight is 315 g/mol. The molecular formula is C17H21N3O3. The van der Waals surface area contributed by atoms with Gasteiger partial charge in [0.25, 0.3) is 5.91 Å². The number of aryl methyl sites for hydroxylation is 1. The minimum atomic E-state index is -1.02. The van der Waals surface area contributed by atoms with Gasteiger partial charge in [0, 0.05) is 18.0 Å². The van der Waals surface area contributed by atoms with Crippen LogP contribution in [0.25, 0.3) is 5.69 Å². The maximum atomic E-state index is 12.3. The van der Waals surface area contributed by atoms with E-state index in [2.05, 4.69) is 10.4 Å². The molecule has 0 radical (unpaired) electrons. The van der Waals surface area contributed by atoms with E-state index in [0.29, 0.717) is 12.0 Å². The number of nitrogens with one attached hydrogen (secondary N) is 1. The fraction of sp³-hybridized carbons (Fsp3) is 0.353. The molecule has 0 aliphatic carbocycles. The highest BCUT2D eigenvalue weighted by molar-refractivity contribution is 5.97. The minimum Gasteiger partial charge on any atom is -0.480 e. The summed E-state index contributed by atoms with van der Waals surface area (Å²) in [6.45, 7) is 5.60. The number of carboxylic acids is 1. The number of carbonyl (C=O) groups is 2. The Balaban J connectivity index is 2.20. The van der Waals surface area contributed by atoms with Gasteiger partial charge in [0.2, 0.25) is 0 Å². The number of aromatic nitrogens is 2.